The van der Waals surface area contributed by atoms with E-state index >= 15 is 0 Å². The number of aromatic nitrogens is 2. The fourth-order valence-electron chi connectivity index (χ4n) is 3.80. The second kappa shape index (κ2) is 7.76. The molecule has 1 aromatic heterocycles. The van der Waals surface area contributed by atoms with E-state index in [1.807, 2.05) is 61.0 Å². The molecule has 148 valence electrons. The molecule has 1 atom stereocenters. The third-order valence-electron chi connectivity index (χ3n) is 5.06. The maximum atomic E-state index is 12.8. The molecule has 1 N–H and O–H groups in total. The van der Waals surface area contributed by atoms with Crippen molar-refractivity contribution >= 4 is 23.4 Å². The van der Waals surface area contributed by atoms with Crippen molar-refractivity contribution in [2.24, 2.45) is 0 Å². The third-order valence-corrected chi connectivity index (χ3v) is 5.31. The third kappa shape index (κ3) is 3.42. The second-order valence-corrected chi connectivity index (χ2v) is 7.39. The van der Waals surface area contributed by atoms with Gasteiger partial charge in [0.2, 0.25) is 0 Å². The fraction of sp³-hybridized carbons (Fsp3) is 0.217. The molecule has 0 amide bonds. The Morgan fingerprint density at radius 1 is 1.14 bits per heavy atom. The van der Waals surface area contributed by atoms with Gasteiger partial charge in [0.15, 0.2) is 0 Å². The maximum Gasteiger partial charge on any atom is 0.338 e. The van der Waals surface area contributed by atoms with Crippen LogP contribution < -0.4 is 5.32 Å². The summed E-state index contributed by atoms with van der Waals surface area (Å²) in [7, 11) is 0. The molecule has 4 rings (SSSR count). The average Bonchev–Trinajstić information content (AvgIpc) is 3.03. The minimum absolute atomic E-state index is 0.309. The van der Waals surface area contributed by atoms with Gasteiger partial charge in [0.1, 0.15) is 11.9 Å². The molecule has 0 saturated heterocycles. The summed E-state index contributed by atoms with van der Waals surface area (Å²) in [5.41, 5.74) is 5.20. The van der Waals surface area contributed by atoms with Gasteiger partial charge in [-0.1, -0.05) is 54.1 Å². The van der Waals surface area contributed by atoms with Crippen molar-refractivity contribution in [1.82, 2.24) is 9.78 Å². The molecule has 0 saturated carbocycles. The molecular formula is C23H22ClN3O2. The van der Waals surface area contributed by atoms with Gasteiger partial charge in [-0.15, -0.1) is 0 Å². The lowest BCUT2D eigenvalue weighted by atomic mass is 9.95. The number of halogens is 1. The van der Waals surface area contributed by atoms with Gasteiger partial charge < -0.3 is 10.1 Å². The normalized spacial score (nSPS) is 15.7. The van der Waals surface area contributed by atoms with Crippen molar-refractivity contribution in [2.45, 2.75) is 26.8 Å². The summed E-state index contributed by atoms with van der Waals surface area (Å²) in [6, 6.07) is 17.2. The quantitative estimate of drug-likeness (QED) is 0.591. The van der Waals surface area contributed by atoms with E-state index in [-0.39, 0.29) is 5.97 Å². The van der Waals surface area contributed by atoms with Gasteiger partial charge in [0.05, 0.1) is 17.9 Å². The first kappa shape index (κ1) is 19.3. The maximum absolute atomic E-state index is 12.8. The van der Waals surface area contributed by atoms with Crippen LogP contribution in [0.4, 0.5) is 5.82 Å². The molecule has 2 aromatic carbocycles. The van der Waals surface area contributed by atoms with Gasteiger partial charge >= 0.3 is 5.97 Å². The molecule has 1 aliphatic rings. The Hall–Kier alpha value is -3.05. The number of carbonyl (C=O) groups excluding carboxylic acids is 1. The van der Waals surface area contributed by atoms with E-state index in [4.69, 9.17) is 21.4 Å². The van der Waals surface area contributed by atoms with E-state index in [0.29, 0.717) is 17.2 Å². The highest BCUT2D eigenvalue weighted by Crippen LogP contribution is 2.42. The molecule has 0 aliphatic carbocycles. The largest absolute Gasteiger partial charge is 0.463 e. The Morgan fingerprint density at radius 3 is 2.48 bits per heavy atom. The summed E-state index contributed by atoms with van der Waals surface area (Å²) in [5.74, 6) is 0.511. The predicted molar refractivity (Wildman–Crippen MR) is 115 cm³/mol. The number of fused-ring (bicyclic) bond motifs is 1. The topological polar surface area (TPSA) is 56.1 Å². The summed E-state index contributed by atoms with van der Waals surface area (Å²) in [6.45, 7) is 5.99. The van der Waals surface area contributed by atoms with Gasteiger partial charge in [-0.2, -0.15) is 5.10 Å². The van der Waals surface area contributed by atoms with E-state index in [2.05, 4.69) is 17.4 Å². The number of carbonyl (C=O) groups is 1. The highest BCUT2D eigenvalue weighted by Gasteiger charge is 2.36. The number of anilines is 1. The molecule has 29 heavy (non-hydrogen) atoms. The summed E-state index contributed by atoms with van der Waals surface area (Å²) >= 11 is 6.10. The number of ether oxygens (including phenoxy) is 1. The van der Waals surface area contributed by atoms with Crippen LogP contribution in [0.15, 0.2) is 65.9 Å². The first-order chi connectivity index (χ1) is 14.0. The number of aryl methyl sites for hydroxylation is 1. The van der Waals surface area contributed by atoms with E-state index in [1.54, 1.807) is 6.92 Å². The van der Waals surface area contributed by atoms with Crippen LogP contribution >= 0.6 is 11.6 Å². The molecular weight excluding hydrogens is 386 g/mol. The number of benzene rings is 2. The summed E-state index contributed by atoms with van der Waals surface area (Å²) in [4.78, 5) is 12.8. The van der Waals surface area contributed by atoms with Crippen LogP contribution in [-0.4, -0.2) is 22.4 Å². The van der Waals surface area contributed by atoms with Crippen LogP contribution in [0.3, 0.4) is 0 Å². The average molecular weight is 408 g/mol. The zero-order valence-corrected chi connectivity index (χ0v) is 17.3. The number of hydrogen-bond donors (Lipinski definition) is 1. The summed E-state index contributed by atoms with van der Waals surface area (Å²) in [5, 5.41) is 8.86. The number of rotatable bonds is 4. The van der Waals surface area contributed by atoms with Gasteiger partial charge in [-0.3, -0.25) is 0 Å². The zero-order valence-electron chi connectivity index (χ0n) is 16.6. The van der Waals surface area contributed by atoms with E-state index in [0.717, 1.165) is 33.9 Å². The molecule has 0 spiro atoms. The molecule has 1 aliphatic heterocycles. The van der Waals surface area contributed by atoms with Crippen LogP contribution in [0.5, 0.6) is 0 Å². The van der Waals surface area contributed by atoms with Crippen LogP contribution in [0.25, 0.3) is 11.1 Å². The number of esters is 1. The fourth-order valence-corrected chi connectivity index (χ4v) is 3.93. The van der Waals surface area contributed by atoms with Crippen LogP contribution in [0.1, 0.15) is 31.1 Å². The van der Waals surface area contributed by atoms with Crippen molar-refractivity contribution in [3.05, 3.63) is 82.1 Å². The SMILES string of the molecule is CCOC(=O)C1=C(C)Nc2c(-c3ccccc3)c(C)nn2[C@@H]1c1ccc(Cl)cc1. The number of nitrogens with one attached hydrogen (secondary N) is 1. The second-order valence-electron chi connectivity index (χ2n) is 6.96. The van der Waals surface area contributed by atoms with E-state index in [9.17, 15) is 4.79 Å². The Labute approximate surface area is 175 Å². The molecule has 0 fully saturated rings. The summed E-state index contributed by atoms with van der Waals surface area (Å²) < 4.78 is 7.24. The molecule has 6 heteroatoms. The van der Waals surface area contributed by atoms with Crippen molar-refractivity contribution in [3.63, 3.8) is 0 Å². The van der Waals surface area contributed by atoms with Gasteiger partial charge in [-0.25, -0.2) is 9.48 Å². The molecule has 2 heterocycles. The Morgan fingerprint density at radius 2 is 1.83 bits per heavy atom. The lowest BCUT2D eigenvalue weighted by Gasteiger charge is -2.29. The Bertz CT molecular complexity index is 1090. The lowest BCUT2D eigenvalue weighted by Crippen LogP contribution is -2.29. The van der Waals surface area contributed by atoms with Crippen LogP contribution in [0.2, 0.25) is 5.02 Å². The molecule has 5 nitrogen and oxygen atoms in total. The van der Waals surface area contributed by atoms with Crippen molar-refractivity contribution in [3.8, 4) is 11.1 Å². The van der Waals surface area contributed by atoms with Crippen LogP contribution in [-0.2, 0) is 9.53 Å². The standard InChI is InChI=1S/C23H22ClN3O2/c1-4-29-23(28)20-14(2)25-22-19(16-8-6-5-7-9-16)15(3)26-27(22)21(20)17-10-12-18(24)13-11-17/h5-13,21,25H,4H2,1-3H3/t21-/m1/s1. The van der Waals surface area contributed by atoms with Crippen LogP contribution in [0, 0.1) is 6.92 Å². The number of hydrogen-bond acceptors (Lipinski definition) is 4. The summed E-state index contributed by atoms with van der Waals surface area (Å²) in [6.07, 6.45) is 0. The van der Waals surface area contributed by atoms with Crippen molar-refractivity contribution in [2.75, 3.05) is 11.9 Å². The monoisotopic (exact) mass is 407 g/mol. The van der Waals surface area contributed by atoms with E-state index < -0.39 is 6.04 Å². The lowest BCUT2D eigenvalue weighted by molar-refractivity contribution is -0.139. The van der Waals surface area contributed by atoms with Crippen molar-refractivity contribution < 1.29 is 9.53 Å². The minimum atomic E-state index is -0.404. The molecule has 0 unspecified atom stereocenters. The Balaban J connectivity index is 1.93. The Kier molecular flexibility index (Phi) is 5.16. The molecule has 0 radical (unpaired) electrons. The minimum Gasteiger partial charge on any atom is -0.463 e. The van der Waals surface area contributed by atoms with Crippen molar-refractivity contribution in [1.29, 1.82) is 0 Å². The first-order valence-corrected chi connectivity index (χ1v) is 9.94. The number of allylic oxidation sites excluding steroid dienone is 1. The molecule has 0 bridgehead atoms. The zero-order chi connectivity index (χ0) is 20.5. The van der Waals surface area contributed by atoms with Gasteiger partial charge in [-0.05, 0) is 44.0 Å². The van der Waals surface area contributed by atoms with Gasteiger partial charge in [0.25, 0.3) is 0 Å². The predicted octanol–water partition coefficient (Wildman–Crippen LogP) is 5.36. The van der Waals surface area contributed by atoms with E-state index in [1.165, 1.54) is 0 Å². The number of nitrogens with zero attached hydrogens (tertiary/aromatic N) is 2. The highest BCUT2D eigenvalue weighted by molar-refractivity contribution is 6.30. The smallest absolute Gasteiger partial charge is 0.338 e. The van der Waals surface area contributed by atoms with Gasteiger partial charge in [0, 0.05) is 16.3 Å². The molecule has 3 aromatic rings. The first-order valence-electron chi connectivity index (χ1n) is 9.56. The highest BCUT2D eigenvalue weighted by atomic mass is 35.5.